The maximum absolute atomic E-state index is 12.5. The van der Waals surface area contributed by atoms with Crippen LogP contribution in [-0.2, 0) is 4.74 Å². The number of benzene rings is 1. The summed E-state index contributed by atoms with van der Waals surface area (Å²) in [6, 6.07) is 5.38. The molecule has 0 saturated carbocycles. The van der Waals surface area contributed by atoms with Crippen molar-refractivity contribution in [3.63, 3.8) is 0 Å². The molecule has 0 aliphatic rings. The van der Waals surface area contributed by atoms with Crippen molar-refractivity contribution in [2.45, 2.75) is 33.7 Å². The number of methoxy groups -OCH3 is 2. The molecule has 0 bridgehead atoms. The quantitative estimate of drug-likeness (QED) is 0.699. The number of anilines is 1. The number of carbonyl (C=O) groups excluding carboxylic acids is 1. The molecular formula is C18H30N2O4. The Morgan fingerprint density at radius 1 is 1.17 bits per heavy atom. The predicted octanol–water partition coefficient (Wildman–Crippen LogP) is 3.62. The molecule has 24 heavy (non-hydrogen) atoms. The van der Waals surface area contributed by atoms with E-state index in [1.165, 1.54) is 0 Å². The molecule has 0 heterocycles. The number of ether oxygens (including phenoxy) is 3. The Morgan fingerprint density at radius 3 is 2.42 bits per heavy atom. The smallest absolute Gasteiger partial charge is 0.322 e. The van der Waals surface area contributed by atoms with Gasteiger partial charge in [0.15, 0.2) is 11.5 Å². The first kappa shape index (κ1) is 20.1. The summed E-state index contributed by atoms with van der Waals surface area (Å²) in [5.74, 6) is 1.58. The van der Waals surface area contributed by atoms with Crippen molar-refractivity contribution >= 4 is 11.7 Å². The Morgan fingerprint density at radius 2 is 1.88 bits per heavy atom. The second-order valence-corrected chi connectivity index (χ2v) is 5.91. The summed E-state index contributed by atoms with van der Waals surface area (Å²) in [5, 5.41) is 2.93. The van der Waals surface area contributed by atoms with Gasteiger partial charge in [-0.3, -0.25) is 0 Å². The van der Waals surface area contributed by atoms with Crippen molar-refractivity contribution in [1.29, 1.82) is 0 Å². The largest absolute Gasteiger partial charge is 0.493 e. The van der Waals surface area contributed by atoms with E-state index in [-0.39, 0.29) is 12.1 Å². The topological polar surface area (TPSA) is 60.0 Å². The van der Waals surface area contributed by atoms with Crippen LogP contribution < -0.4 is 14.8 Å². The fraction of sp³-hybridized carbons (Fsp3) is 0.611. The zero-order valence-corrected chi connectivity index (χ0v) is 15.6. The molecule has 2 amide bonds. The highest BCUT2D eigenvalue weighted by Crippen LogP contribution is 2.30. The number of hydrogen-bond acceptors (Lipinski definition) is 4. The van der Waals surface area contributed by atoms with Gasteiger partial charge in [-0.1, -0.05) is 13.8 Å². The molecule has 0 aliphatic carbocycles. The zero-order chi connectivity index (χ0) is 18.1. The normalized spacial score (nSPS) is 12.0. The highest BCUT2D eigenvalue weighted by atomic mass is 16.5. The van der Waals surface area contributed by atoms with Gasteiger partial charge in [0.2, 0.25) is 0 Å². The molecule has 0 radical (unpaired) electrons. The third-order valence-corrected chi connectivity index (χ3v) is 4.02. The molecule has 0 fully saturated rings. The lowest BCUT2D eigenvalue weighted by atomic mass is 10.1. The molecule has 0 aromatic heterocycles. The highest BCUT2D eigenvalue weighted by Gasteiger charge is 2.21. The minimum Gasteiger partial charge on any atom is -0.493 e. The Hall–Kier alpha value is -1.95. The maximum atomic E-state index is 12.5. The molecule has 1 rings (SSSR count). The van der Waals surface area contributed by atoms with Gasteiger partial charge in [-0.2, -0.15) is 0 Å². The predicted molar refractivity (Wildman–Crippen MR) is 96.1 cm³/mol. The third kappa shape index (κ3) is 5.60. The van der Waals surface area contributed by atoms with Gasteiger partial charge < -0.3 is 24.4 Å². The summed E-state index contributed by atoms with van der Waals surface area (Å²) in [5.41, 5.74) is 0.669. The Balaban J connectivity index is 2.85. The number of nitrogens with zero attached hydrogens (tertiary/aromatic N) is 1. The molecule has 1 atom stereocenters. The van der Waals surface area contributed by atoms with Gasteiger partial charge in [0.05, 0.1) is 13.7 Å². The molecule has 0 saturated heterocycles. The monoisotopic (exact) mass is 338 g/mol. The number of urea groups is 1. The molecular weight excluding hydrogens is 308 g/mol. The molecule has 0 aliphatic heterocycles. The molecule has 1 aromatic carbocycles. The van der Waals surface area contributed by atoms with Crippen molar-refractivity contribution in [1.82, 2.24) is 4.90 Å². The van der Waals surface area contributed by atoms with E-state index >= 15 is 0 Å². The van der Waals surface area contributed by atoms with Crippen LogP contribution >= 0.6 is 0 Å². The summed E-state index contributed by atoms with van der Waals surface area (Å²) in [4.78, 5) is 14.4. The SMILES string of the molecule is CCN(C(=O)Nc1ccc(OC)c(OCCOC)c1)C(C)C(C)C. The summed E-state index contributed by atoms with van der Waals surface area (Å²) in [6.45, 7) is 9.79. The molecule has 6 heteroatoms. The summed E-state index contributed by atoms with van der Waals surface area (Å²) in [6.07, 6.45) is 0. The van der Waals surface area contributed by atoms with E-state index in [0.29, 0.717) is 42.9 Å². The average Bonchev–Trinajstić information content (AvgIpc) is 2.55. The number of rotatable bonds is 9. The van der Waals surface area contributed by atoms with E-state index in [9.17, 15) is 4.79 Å². The van der Waals surface area contributed by atoms with Crippen LogP contribution in [0, 0.1) is 5.92 Å². The molecule has 1 N–H and O–H groups in total. The van der Waals surface area contributed by atoms with Crippen molar-refractivity contribution < 1.29 is 19.0 Å². The number of nitrogens with one attached hydrogen (secondary N) is 1. The molecule has 1 unspecified atom stereocenters. The number of amides is 2. The average molecular weight is 338 g/mol. The Kier molecular flexibility index (Phi) is 8.40. The van der Waals surface area contributed by atoms with Gasteiger partial charge in [-0.25, -0.2) is 4.79 Å². The third-order valence-electron chi connectivity index (χ3n) is 4.02. The van der Waals surface area contributed by atoms with Crippen LogP contribution in [0.15, 0.2) is 18.2 Å². The first-order valence-corrected chi connectivity index (χ1v) is 8.31. The van der Waals surface area contributed by atoms with Gasteiger partial charge in [0, 0.05) is 31.5 Å². The lowest BCUT2D eigenvalue weighted by Crippen LogP contribution is -2.43. The van der Waals surface area contributed by atoms with Crippen LogP contribution in [0.3, 0.4) is 0 Å². The van der Waals surface area contributed by atoms with Crippen LogP contribution in [-0.4, -0.2) is 51.0 Å². The first-order chi connectivity index (χ1) is 11.4. The number of carbonyl (C=O) groups is 1. The van der Waals surface area contributed by atoms with Gasteiger partial charge in [-0.05, 0) is 31.9 Å². The Labute approximate surface area is 145 Å². The van der Waals surface area contributed by atoms with Gasteiger partial charge in [-0.15, -0.1) is 0 Å². The fourth-order valence-corrected chi connectivity index (χ4v) is 2.27. The highest BCUT2D eigenvalue weighted by molar-refractivity contribution is 5.90. The van der Waals surface area contributed by atoms with E-state index in [1.54, 1.807) is 32.4 Å². The molecule has 136 valence electrons. The van der Waals surface area contributed by atoms with Crippen LogP contribution in [0.5, 0.6) is 11.5 Å². The minimum absolute atomic E-state index is 0.119. The summed E-state index contributed by atoms with van der Waals surface area (Å²) < 4.78 is 15.9. The second kappa shape index (κ2) is 10.0. The van der Waals surface area contributed by atoms with E-state index in [0.717, 1.165) is 0 Å². The Bertz CT molecular complexity index is 520. The maximum Gasteiger partial charge on any atom is 0.322 e. The molecule has 1 aromatic rings. The van der Waals surface area contributed by atoms with E-state index in [4.69, 9.17) is 14.2 Å². The lowest BCUT2D eigenvalue weighted by Gasteiger charge is -2.31. The van der Waals surface area contributed by atoms with Crippen LogP contribution in [0.1, 0.15) is 27.7 Å². The van der Waals surface area contributed by atoms with Crippen LogP contribution in [0.2, 0.25) is 0 Å². The van der Waals surface area contributed by atoms with Gasteiger partial charge in [0.1, 0.15) is 6.61 Å². The van der Waals surface area contributed by atoms with Crippen LogP contribution in [0.4, 0.5) is 10.5 Å². The summed E-state index contributed by atoms with van der Waals surface area (Å²) in [7, 11) is 3.20. The van der Waals surface area contributed by atoms with Crippen LogP contribution in [0.25, 0.3) is 0 Å². The van der Waals surface area contributed by atoms with Gasteiger partial charge in [0.25, 0.3) is 0 Å². The molecule has 6 nitrogen and oxygen atoms in total. The van der Waals surface area contributed by atoms with E-state index in [2.05, 4.69) is 26.1 Å². The van der Waals surface area contributed by atoms with Crippen molar-refractivity contribution in [2.24, 2.45) is 5.92 Å². The van der Waals surface area contributed by atoms with Crippen molar-refractivity contribution in [3.05, 3.63) is 18.2 Å². The minimum atomic E-state index is -0.119. The van der Waals surface area contributed by atoms with E-state index < -0.39 is 0 Å². The number of hydrogen-bond donors (Lipinski definition) is 1. The van der Waals surface area contributed by atoms with Crippen molar-refractivity contribution in [2.75, 3.05) is 39.3 Å². The first-order valence-electron chi connectivity index (χ1n) is 8.31. The standard InChI is InChI=1S/C18H30N2O4/c1-7-20(14(4)13(2)3)18(21)19-15-8-9-16(23-6)17(12-15)24-11-10-22-5/h8-9,12-14H,7,10-11H2,1-6H3,(H,19,21). The van der Waals surface area contributed by atoms with Crippen molar-refractivity contribution in [3.8, 4) is 11.5 Å². The lowest BCUT2D eigenvalue weighted by molar-refractivity contribution is 0.144. The second-order valence-electron chi connectivity index (χ2n) is 5.91. The zero-order valence-electron chi connectivity index (χ0n) is 15.6. The fourth-order valence-electron chi connectivity index (χ4n) is 2.27. The van der Waals surface area contributed by atoms with E-state index in [1.807, 2.05) is 11.8 Å². The summed E-state index contributed by atoms with van der Waals surface area (Å²) >= 11 is 0. The molecule has 0 spiro atoms. The van der Waals surface area contributed by atoms with Gasteiger partial charge >= 0.3 is 6.03 Å².